The monoisotopic (exact) mass is 297 g/mol. The van der Waals surface area contributed by atoms with Crippen molar-refractivity contribution in [2.24, 2.45) is 0 Å². The number of amides is 1. The van der Waals surface area contributed by atoms with Gasteiger partial charge in [-0.1, -0.05) is 6.92 Å². The lowest BCUT2D eigenvalue weighted by Crippen LogP contribution is -2.28. The first kappa shape index (κ1) is 17.9. The smallest absolute Gasteiger partial charge is 0.410 e. The van der Waals surface area contributed by atoms with E-state index in [1.54, 1.807) is 0 Å². The van der Waals surface area contributed by atoms with E-state index in [0.717, 1.165) is 6.66 Å². The quantitative estimate of drug-likeness (QED) is 0.341. The number of carbonyl (C=O) groups excluding carboxylic acids is 2. The van der Waals surface area contributed by atoms with E-state index >= 15 is 0 Å². The van der Waals surface area contributed by atoms with Crippen molar-refractivity contribution in [3.63, 3.8) is 0 Å². The zero-order chi connectivity index (χ0) is 14.9. The molecule has 2 atom stereocenters. The first-order chi connectivity index (χ1) is 8.77. The van der Waals surface area contributed by atoms with Gasteiger partial charge in [0.15, 0.2) is 0 Å². The molecule has 1 amide bonds. The molecule has 0 aliphatic heterocycles. The summed E-state index contributed by atoms with van der Waals surface area (Å²) in [5.41, 5.74) is 0. The number of rotatable bonds is 8. The summed E-state index contributed by atoms with van der Waals surface area (Å²) in [4.78, 5) is 31.0. The predicted molar refractivity (Wildman–Crippen MR) is 66.7 cm³/mol. The Hall–Kier alpha value is -1.11. The summed E-state index contributed by atoms with van der Waals surface area (Å²) in [7, 11) is -3.56. The molecule has 0 aliphatic rings. The summed E-state index contributed by atoms with van der Waals surface area (Å²) < 4.78 is 20.1. The second-order valence-electron chi connectivity index (χ2n) is 3.96. The van der Waals surface area contributed by atoms with Gasteiger partial charge < -0.3 is 24.8 Å². The lowest BCUT2D eigenvalue weighted by atomic mass is 10.3. The summed E-state index contributed by atoms with van der Waals surface area (Å²) in [6.07, 6.45) is -0.0179. The highest BCUT2D eigenvalue weighted by Gasteiger charge is 2.22. The van der Waals surface area contributed by atoms with Gasteiger partial charge in [-0.05, 0) is 6.42 Å². The zero-order valence-corrected chi connectivity index (χ0v) is 11.9. The van der Waals surface area contributed by atoms with Crippen molar-refractivity contribution in [1.29, 1.82) is 0 Å². The van der Waals surface area contributed by atoms with Crippen molar-refractivity contribution in [2.45, 2.75) is 32.0 Å². The van der Waals surface area contributed by atoms with Gasteiger partial charge in [0.05, 0.1) is 0 Å². The van der Waals surface area contributed by atoms with Crippen LogP contribution in [0.3, 0.4) is 0 Å². The highest BCUT2D eigenvalue weighted by atomic mass is 31.2. The van der Waals surface area contributed by atoms with E-state index in [9.17, 15) is 19.3 Å². The summed E-state index contributed by atoms with van der Waals surface area (Å²) in [5, 5.41) is 11.5. The molecule has 0 aromatic heterocycles. The van der Waals surface area contributed by atoms with Crippen molar-refractivity contribution in [1.82, 2.24) is 5.32 Å². The third-order valence-corrected chi connectivity index (χ3v) is 3.45. The Morgan fingerprint density at radius 1 is 1.37 bits per heavy atom. The second kappa shape index (κ2) is 8.90. The fourth-order valence-corrected chi connectivity index (χ4v) is 1.63. The van der Waals surface area contributed by atoms with E-state index in [-0.39, 0.29) is 19.4 Å². The molecule has 19 heavy (non-hydrogen) atoms. The predicted octanol–water partition coefficient (Wildman–Crippen LogP) is 0.622. The average Bonchev–Trinajstić information content (AvgIpc) is 2.27. The standard InChI is InChI=1S/C10H20NO7P/c1-3-4-8(12)17-7-18-10(14)11-6-5-9(13)19(2,15)16/h9,13H,3-7H2,1-2H3,(H,11,14)(H,15,16). The largest absolute Gasteiger partial charge is 0.428 e. The van der Waals surface area contributed by atoms with Gasteiger partial charge in [-0.25, -0.2) is 4.79 Å². The molecule has 9 heteroatoms. The highest BCUT2D eigenvalue weighted by Crippen LogP contribution is 2.41. The molecule has 0 saturated carbocycles. The van der Waals surface area contributed by atoms with Crippen molar-refractivity contribution in [3.05, 3.63) is 0 Å². The van der Waals surface area contributed by atoms with Gasteiger partial charge in [-0.3, -0.25) is 9.36 Å². The number of hydrogen-bond acceptors (Lipinski definition) is 6. The lowest BCUT2D eigenvalue weighted by Gasteiger charge is -2.14. The van der Waals surface area contributed by atoms with Crippen LogP contribution in [0.2, 0.25) is 0 Å². The lowest BCUT2D eigenvalue weighted by molar-refractivity contribution is -0.151. The van der Waals surface area contributed by atoms with Crippen molar-refractivity contribution >= 4 is 19.4 Å². The summed E-state index contributed by atoms with van der Waals surface area (Å²) in [6.45, 7) is 2.33. The number of aliphatic hydroxyl groups is 1. The van der Waals surface area contributed by atoms with E-state index in [4.69, 9.17) is 4.89 Å². The van der Waals surface area contributed by atoms with Gasteiger partial charge in [-0.15, -0.1) is 0 Å². The number of carbonyl (C=O) groups is 2. The Bertz CT molecular complexity index is 341. The van der Waals surface area contributed by atoms with Gasteiger partial charge >= 0.3 is 12.1 Å². The van der Waals surface area contributed by atoms with E-state index in [1.165, 1.54) is 0 Å². The summed E-state index contributed by atoms with van der Waals surface area (Å²) in [6, 6.07) is 0. The first-order valence-corrected chi connectivity index (χ1v) is 7.99. The maximum atomic E-state index is 11.1. The van der Waals surface area contributed by atoms with Crippen LogP contribution >= 0.6 is 7.37 Å². The van der Waals surface area contributed by atoms with Crippen molar-refractivity contribution < 1.29 is 33.6 Å². The number of hydrogen-bond donors (Lipinski definition) is 3. The van der Waals surface area contributed by atoms with Gasteiger partial charge in [0.1, 0.15) is 5.85 Å². The van der Waals surface area contributed by atoms with Crippen LogP contribution in [0.5, 0.6) is 0 Å². The first-order valence-electron chi connectivity index (χ1n) is 5.81. The minimum absolute atomic E-state index is 0.0265. The molecule has 0 heterocycles. The molecule has 3 N–H and O–H groups in total. The molecular formula is C10H20NO7P. The molecule has 0 spiro atoms. The van der Waals surface area contributed by atoms with Crippen LogP contribution < -0.4 is 5.32 Å². The van der Waals surface area contributed by atoms with Crippen LogP contribution in [0.1, 0.15) is 26.2 Å². The van der Waals surface area contributed by atoms with E-state index in [0.29, 0.717) is 6.42 Å². The number of nitrogens with one attached hydrogen (secondary N) is 1. The third kappa shape index (κ3) is 9.47. The van der Waals surface area contributed by atoms with E-state index < -0.39 is 32.1 Å². The zero-order valence-electron chi connectivity index (χ0n) is 11.0. The Balaban J connectivity index is 3.66. The highest BCUT2D eigenvalue weighted by molar-refractivity contribution is 7.57. The minimum Gasteiger partial charge on any atom is -0.428 e. The SMILES string of the molecule is CCCC(=O)OCOC(=O)NCCC(O)P(C)(=O)O. The molecule has 0 aliphatic carbocycles. The Labute approximate surface area is 111 Å². The Morgan fingerprint density at radius 2 is 2.00 bits per heavy atom. The van der Waals surface area contributed by atoms with Gasteiger partial charge in [0.25, 0.3) is 0 Å². The Kier molecular flexibility index (Phi) is 8.38. The molecule has 0 bridgehead atoms. The topological polar surface area (TPSA) is 122 Å². The van der Waals surface area contributed by atoms with Crippen LogP contribution in [-0.2, 0) is 18.8 Å². The maximum Gasteiger partial charge on any atom is 0.410 e. The molecule has 0 aromatic rings. The fourth-order valence-electron chi connectivity index (χ4n) is 1.02. The van der Waals surface area contributed by atoms with Crippen molar-refractivity contribution in [3.8, 4) is 0 Å². The van der Waals surface area contributed by atoms with E-state index in [2.05, 4.69) is 14.8 Å². The molecule has 0 fully saturated rings. The molecule has 2 unspecified atom stereocenters. The molecule has 0 rings (SSSR count). The molecule has 8 nitrogen and oxygen atoms in total. The van der Waals surface area contributed by atoms with Crippen molar-refractivity contribution in [2.75, 3.05) is 20.0 Å². The van der Waals surface area contributed by atoms with E-state index in [1.807, 2.05) is 6.92 Å². The fraction of sp³-hybridized carbons (Fsp3) is 0.800. The van der Waals surface area contributed by atoms with Gasteiger partial charge in [0, 0.05) is 26.1 Å². The van der Waals surface area contributed by atoms with Crippen LogP contribution in [0.25, 0.3) is 0 Å². The van der Waals surface area contributed by atoms with Crippen LogP contribution in [0.4, 0.5) is 4.79 Å². The summed E-state index contributed by atoms with van der Waals surface area (Å²) in [5.74, 6) is -1.85. The average molecular weight is 297 g/mol. The van der Waals surface area contributed by atoms with Crippen LogP contribution in [0, 0.1) is 0 Å². The molecule has 0 aromatic carbocycles. The number of esters is 1. The third-order valence-electron chi connectivity index (χ3n) is 2.09. The van der Waals surface area contributed by atoms with Gasteiger partial charge in [0.2, 0.25) is 14.2 Å². The minimum atomic E-state index is -3.56. The number of aliphatic hydroxyl groups excluding tert-OH is 1. The normalized spacial score (nSPS) is 15.2. The van der Waals surface area contributed by atoms with Crippen LogP contribution in [0.15, 0.2) is 0 Å². The molecule has 0 radical (unpaired) electrons. The second-order valence-corrected chi connectivity index (χ2v) is 6.44. The van der Waals surface area contributed by atoms with Gasteiger partial charge in [-0.2, -0.15) is 0 Å². The van der Waals surface area contributed by atoms with Crippen LogP contribution in [-0.4, -0.2) is 47.9 Å². The summed E-state index contributed by atoms with van der Waals surface area (Å²) >= 11 is 0. The molecule has 112 valence electrons. The molecular weight excluding hydrogens is 277 g/mol. The number of alkyl carbamates (subject to hydrolysis) is 1. The Morgan fingerprint density at radius 3 is 2.53 bits per heavy atom. The number of ether oxygens (including phenoxy) is 2. The molecule has 0 saturated heterocycles. The maximum absolute atomic E-state index is 11.1.